The first kappa shape index (κ1) is 17.2. The molecule has 1 fully saturated rings. The zero-order valence-corrected chi connectivity index (χ0v) is 14.0. The van der Waals surface area contributed by atoms with E-state index in [4.69, 9.17) is 9.47 Å². The third-order valence-electron chi connectivity index (χ3n) is 4.00. The van der Waals surface area contributed by atoms with Gasteiger partial charge in [-0.05, 0) is 35.9 Å². The number of nitrogens with one attached hydrogen (secondary N) is 1. The van der Waals surface area contributed by atoms with Gasteiger partial charge in [-0.1, -0.05) is 0 Å². The molecule has 132 valence electrons. The van der Waals surface area contributed by atoms with E-state index < -0.39 is 5.82 Å². The van der Waals surface area contributed by atoms with Gasteiger partial charge in [0.2, 0.25) is 0 Å². The zero-order chi connectivity index (χ0) is 17.6. The van der Waals surface area contributed by atoms with Gasteiger partial charge in [0.25, 0.3) is 5.91 Å². The highest BCUT2D eigenvalue weighted by Gasteiger charge is 2.15. The van der Waals surface area contributed by atoms with E-state index in [1.54, 1.807) is 6.20 Å². The van der Waals surface area contributed by atoms with Gasteiger partial charge in [-0.2, -0.15) is 0 Å². The molecule has 1 aliphatic heterocycles. The average molecular weight is 345 g/mol. The summed E-state index contributed by atoms with van der Waals surface area (Å²) in [6.45, 7) is 3.27. The first-order valence-electron chi connectivity index (χ1n) is 8.07. The fraction of sp³-hybridized carbons (Fsp3) is 0.333. The minimum Gasteiger partial charge on any atom is -0.496 e. The molecule has 1 amide bonds. The van der Waals surface area contributed by atoms with Crippen molar-refractivity contribution in [3.63, 3.8) is 0 Å². The van der Waals surface area contributed by atoms with Crippen LogP contribution in [0.2, 0.25) is 0 Å². The standard InChI is InChI=1S/C18H20FN3O3/c1-24-16-3-2-14(19)11-15(16)18(23)21-12-13-4-5-20-17(10-13)22-6-8-25-9-7-22/h2-5,10-11H,6-9,12H2,1H3,(H,21,23). The van der Waals surface area contributed by atoms with Gasteiger partial charge >= 0.3 is 0 Å². The highest BCUT2D eigenvalue weighted by atomic mass is 19.1. The number of morpholine rings is 1. The van der Waals surface area contributed by atoms with Crippen LogP contribution in [-0.2, 0) is 11.3 Å². The van der Waals surface area contributed by atoms with Crippen LogP contribution in [0.5, 0.6) is 5.75 Å². The van der Waals surface area contributed by atoms with Crippen molar-refractivity contribution < 1.29 is 18.7 Å². The Bertz CT molecular complexity index is 748. The minimum atomic E-state index is -0.482. The molecule has 0 spiro atoms. The minimum absolute atomic E-state index is 0.171. The van der Waals surface area contributed by atoms with Gasteiger partial charge in [0, 0.05) is 25.8 Å². The summed E-state index contributed by atoms with van der Waals surface area (Å²) < 4.78 is 23.9. The molecule has 0 unspecified atom stereocenters. The summed E-state index contributed by atoms with van der Waals surface area (Å²) in [5, 5.41) is 2.79. The Hall–Kier alpha value is -2.67. The molecule has 0 atom stereocenters. The quantitative estimate of drug-likeness (QED) is 0.898. The van der Waals surface area contributed by atoms with Crippen molar-refractivity contribution in [2.75, 3.05) is 38.3 Å². The largest absolute Gasteiger partial charge is 0.496 e. The molecular formula is C18H20FN3O3. The number of amides is 1. The number of carbonyl (C=O) groups is 1. The van der Waals surface area contributed by atoms with E-state index in [9.17, 15) is 9.18 Å². The first-order valence-corrected chi connectivity index (χ1v) is 8.07. The Kier molecular flexibility index (Phi) is 5.45. The summed E-state index contributed by atoms with van der Waals surface area (Å²) in [6.07, 6.45) is 1.72. The highest BCUT2D eigenvalue weighted by Crippen LogP contribution is 2.19. The van der Waals surface area contributed by atoms with Crippen molar-refractivity contribution in [3.05, 3.63) is 53.5 Å². The molecule has 0 saturated carbocycles. The van der Waals surface area contributed by atoms with Crippen molar-refractivity contribution in [1.82, 2.24) is 10.3 Å². The zero-order valence-electron chi connectivity index (χ0n) is 14.0. The van der Waals surface area contributed by atoms with Crippen LogP contribution in [0.3, 0.4) is 0 Å². The van der Waals surface area contributed by atoms with Gasteiger partial charge in [0.1, 0.15) is 17.4 Å². The topological polar surface area (TPSA) is 63.7 Å². The lowest BCUT2D eigenvalue weighted by atomic mass is 10.1. The molecule has 3 rings (SSSR count). The maximum atomic E-state index is 13.4. The molecule has 1 aromatic carbocycles. The number of ether oxygens (including phenoxy) is 2. The molecule has 7 heteroatoms. The van der Waals surface area contributed by atoms with Gasteiger partial charge < -0.3 is 19.7 Å². The lowest BCUT2D eigenvalue weighted by Crippen LogP contribution is -2.36. The van der Waals surface area contributed by atoms with Crippen LogP contribution < -0.4 is 15.0 Å². The molecular weight excluding hydrogens is 325 g/mol. The molecule has 0 bridgehead atoms. The summed E-state index contributed by atoms with van der Waals surface area (Å²) >= 11 is 0. The van der Waals surface area contributed by atoms with Crippen LogP contribution in [0.25, 0.3) is 0 Å². The fourth-order valence-electron chi connectivity index (χ4n) is 2.67. The second-order valence-electron chi connectivity index (χ2n) is 5.65. The Balaban J connectivity index is 1.67. The molecule has 0 aliphatic carbocycles. The fourth-order valence-corrected chi connectivity index (χ4v) is 2.67. The van der Waals surface area contributed by atoms with Crippen LogP contribution in [0, 0.1) is 5.82 Å². The molecule has 1 saturated heterocycles. The molecule has 2 aromatic rings. The molecule has 25 heavy (non-hydrogen) atoms. The van der Waals surface area contributed by atoms with Gasteiger partial charge in [-0.25, -0.2) is 9.37 Å². The van der Waals surface area contributed by atoms with Crippen molar-refractivity contribution >= 4 is 11.7 Å². The molecule has 0 radical (unpaired) electrons. The van der Waals surface area contributed by atoms with Crippen molar-refractivity contribution in [2.45, 2.75) is 6.54 Å². The molecule has 2 heterocycles. The Morgan fingerprint density at radius 3 is 2.88 bits per heavy atom. The predicted molar refractivity (Wildman–Crippen MR) is 91.4 cm³/mol. The van der Waals surface area contributed by atoms with E-state index in [2.05, 4.69) is 15.2 Å². The summed E-state index contributed by atoms with van der Waals surface area (Å²) in [5.74, 6) is 0.326. The Morgan fingerprint density at radius 2 is 2.12 bits per heavy atom. The van der Waals surface area contributed by atoms with Crippen LogP contribution in [0.4, 0.5) is 10.2 Å². The van der Waals surface area contributed by atoms with Crippen molar-refractivity contribution in [1.29, 1.82) is 0 Å². The van der Waals surface area contributed by atoms with Crippen molar-refractivity contribution in [3.8, 4) is 5.75 Å². The normalized spacial score (nSPS) is 14.2. The van der Waals surface area contributed by atoms with Crippen molar-refractivity contribution in [2.24, 2.45) is 0 Å². The molecule has 6 nitrogen and oxygen atoms in total. The number of pyridine rings is 1. The van der Waals surface area contributed by atoms with Gasteiger partial charge in [0.05, 0.1) is 25.9 Å². The average Bonchev–Trinajstić information content (AvgIpc) is 2.67. The maximum absolute atomic E-state index is 13.4. The number of anilines is 1. The number of halogens is 1. The van der Waals surface area contributed by atoms with Crippen LogP contribution in [0.15, 0.2) is 36.5 Å². The monoisotopic (exact) mass is 345 g/mol. The number of hydrogen-bond acceptors (Lipinski definition) is 5. The molecule has 1 aliphatic rings. The van der Waals surface area contributed by atoms with E-state index in [0.717, 1.165) is 24.5 Å². The second-order valence-corrected chi connectivity index (χ2v) is 5.65. The SMILES string of the molecule is COc1ccc(F)cc1C(=O)NCc1ccnc(N2CCOCC2)c1. The predicted octanol–water partition coefficient (Wildman–Crippen LogP) is 2.00. The number of carbonyl (C=O) groups excluding carboxylic acids is 1. The number of rotatable bonds is 5. The third-order valence-corrected chi connectivity index (χ3v) is 4.00. The second kappa shape index (κ2) is 7.94. The third kappa shape index (κ3) is 4.24. The summed E-state index contributed by atoms with van der Waals surface area (Å²) in [6, 6.07) is 7.64. The lowest BCUT2D eigenvalue weighted by molar-refractivity contribution is 0.0947. The van der Waals surface area contributed by atoms with E-state index in [0.29, 0.717) is 25.5 Å². The van der Waals surface area contributed by atoms with Gasteiger partial charge in [0.15, 0.2) is 0 Å². The Labute approximate surface area is 145 Å². The highest BCUT2D eigenvalue weighted by molar-refractivity contribution is 5.96. The van der Waals surface area contributed by atoms with Gasteiger partial charge in [-0.15, -0.1) is 0 Å². The van der Waals surface area contributed by atoms with E-state index >= 15 is 0 Å². The first-order chi connectivity index (χ1) is 12.2. The molecule has 1 N–H and O–H groups in total. The summed E-state index contributed by atoms with van der Waals surface area (Å²) in [7, 11) is 1.45. The number of hydrogen-bond donors (Lipinski definition) is 1. The van der Waals surface area contributed by atoms with Crippen LogP contribution in [0.1, 0.15) is 15.9 Å². The number of aromatic nitrogens is 1. The smallest absolute Gasteiger partial charge is 0.255 e. The van der Waals surface area contributed by atoms with Crippen LogP contribution >= 0.6 is 0 Å². The number of benzene rings is 1. The summed E-state index contributed by atoms with van der Waals surface area (Å²) in [4.78, 5) is 18.9. The van der Waals surface area contributed by atoms with E-state index in [-0.39, 0.29) is 11.5 Å². The maximum Gasteiger partial charge on any atom is 0.255 e. The van der Waals surface area contributed by atoms with Crippen LogP contribution in [-0.4, -0.2) is 44.3 Å². The lowest BCUT2D eigenvalue weighted by Gasteiger charge is -2.28. The van der Waals surface area contributed by atoms with E-state index in [1.165, 1.54) is 25.3 Å². The number of nitrogens with zero attached hydrogens (tertiary/aromatic N) is 2. The summed E-state index contributed by atoms with van der Waals surface area (Å²) in [5.41, 5.74) is 1.09. The molecule has 1 aromatic heterocycles. The number of methoxy groups -OCH3 is 1. The van der Waals surface area contributed by atoms with E-state index in [1.807, 2.05) is 12.1 Å². The Morgan fingerprint density at radius 1 is 1.32 bits per heavy atom. The van der Waals surface area contributed by atoms with Gasteiger partial charge in [-0.3, -0.25) is 4.79 Å².